The second-order valence-corrected chi connectivity index (χ2v) is 8.67. The number of ether oxygens (including phenoxy) is 1. The van der Waals surface area contributed by atoms with Crippen molar-refractivity contribution in [3.8, 4) is 5.75 Å². The van der Waals surface area contributed by atoms with Crippen molar-refractivity contribution in [1.29, 1.82) is 0 Å². The summed E-state index contributed by atoms with van der Waals surface area (Å²) in [7, 11) is 1.48. The predicted octanol–water partition coefficient (Wildman–Crippen LogP) is 6.44. The zero-order chi connectivity index (χ0) is 24.7. The number of benzene rings is 3. The van der Waals surface area contributed by atoms with Gasteiger partial charge in [-0.05, 0) is 41.8 Å². The number of rotatable bonds is 6. The number of ketones is 1. The monoisotopic (exact) mass is 487 g/mol. The molecule has 3 aromatic carbocycles. The molecule has 0 radical (unpaired) electrons. The number of anilines is 1. The van der Waals surface area contributed by atoms with Gasteiger partial charge in [-0.25, -0.2) is 0 Å². The summed E-state index contributed by atoms with van der Waals surface area (Å²) in [5, 5.41) is 12.0. The highest BCUT2D eigenvalue weighted by atomic mass is 35.5. The van der Waals surface area contributed by atoms with Gasteiger partial charge in [0.2, 0.25) is 5.78 Å². The number of aliphatic hydroxyl groups is 1. The van der Waals surface area contributed by atoms with Gasteiger partial charge < -0.3 is 14.3 Å². The van der Waals surface area contributed by atoms with Crippen LogP contribution in [0.25, 0.3) is 11.0 Å². The van der Waals surface area contributed by atoms with Gasteiger partial charge in [-0.3, -0.25) is 14.5 Å². The molecule has 5 rings (SSSR count). The summed E-state index contributed by atoms with van der Waals surface area (Å²) in [5.41, 5.74) is 2.68. The average molecular weight is 488 g/mol. The highest BCUT2D eigenvalue weighted by Crippen LogP contribution is 2.43. The summed E-state index contributed by atoms with van der Waals surface area (Å²) in [5.74, 6) is -1.49. The number of fused-ring (bicyclic) bond motifs is 1. The predicted molar refractivity (Wildman–Crippen MR) is 134 cm³/mol. The second-order valence-electron chi connectivity index (χ2n) is 8.24. The standard InChI is InChI=1S/C28H22ClNO5/c1-3-16-9-11-20(12-10-16)30-24(17-7-5-4-6-8-17)23(26(32)28(30)33)25(31)21-14-18-13-19(29)15-22(34-2)27(18)35-21/h4-15,24,32H,3H2,1-2H3. The Morgan fingerprint density at radius 2 is 1.80 bits per heavy atom. The highest BCUT2D eigenvalue weighted by Gasteiger charge is 2.45. The number of carbonyl (C=O) groups excluding carboxylic acids is 2. The van der Waals surface area contributed by atoms with Gasteiger partial charge in [0.25, 0.3) is 5.91 Å². The van der Waals surface area contributed by atoms with Crippen molar-refractivity contribution in [1.82, 2.24) is 0 Å². The van der Waals surface area contributed by atoms with Crippen LogP contribution in [0.4, 0.5) is 5.69 Å². The van der Waals surface area contributed by atoms with Gasteiger partial charge >= 0.3 is 0 Å². The van der Waals surface area contributed by atoms with Crippen LogP contribution in [0.1, 0.15) is 34.6 Å². The van der Waals surface area contributed by atoms with Crippen LogP contribution in [0.5, 0.6) is 5.75 Å². The maximum absolute atomic E-state index is 13.8. The zero-order valence-electron chi connectivity index (χ0n) is 19.1. The smallest absolute Gasteiger partial charge is 0.294 e. The Morgan fingerprint density at radius 1 is 1.09 bits per heavy atom. The zero-order valence-corrected chi connectivity index (χ0v) is 19.9. The molecular weight excluding hydrogens is 466 g/mol. The first-order valence-corrected chi connectivity index (χ1v) is 11.5. The first kappa shape index (κ1) is 22.7. The molecule has 0 saturated heterocycles. The highest BCUT2D eigenvalue weighted by molar-refractivity contribution is 6.31. The number of nitrogens with zero attached hydrogens (tertiary/aromatic N) is 1. The number of amides is 1. The van der Waals surface area contributed by atoms with E-state index >= 15 is 0 Å². The number of furan rings is 1. The number of Topliss-reactive ketones (excluding diaryl/α,β-unsaturated/α-hetero) is 1. The van der Waals surface area contributed by atoms with Crippen LogP contribution in [0.2, 0.25) is 5.02 Å². The number of aliphatic hydroxyl groups excluding tert-OH is 1. The molecule has 1 atom stereocenters. The Labute approximate surface area is 207 Å². The van der Waals surface area contributed by atoms with Crippen LogP contribution in [0, 0.1) is 0 Å². The lowest BCUT2D eigenvalue weighted by Crippen LogP contribution is -2.31. The first-order valence-electron chi connectivity index (χ1n) is 11.1. The van der Waals surface area contributed by atoms with Crippen molar-refractivity contribution in [2.24, 2.45) is 0 Å². The van der Waals surface area contributed by atoms with Gasteiger partial charge in [0.1, 0.15) is 0 Å². The Kier molecular flexibility index (Phi) is 5.83. The van der Waals surface area contributed by atoms with Gasteiger partial charge in [-0.1, -0.05) is 61.0 Å². The van der Waals surface area contributed by atoms with Gasteiger partial charge in [0, 0.05) is 22.2 Å². The lowest BCUT2D eigenvalue weighted by Gasteiger charge is -2.27. The summed E-state index contributed by atoms with van der Waals surface area (Å²) >= 11 is 6.17. The van der Waals surface area contributed by atoms with E-state index < -0.39 is 23.5 Å². The fourth-order valence-corrected chi connectivity index (χ4v) is 4.65. The van der Waals surface area contributed by atoms with E-state index in [1.807, 2.05) is 61.5 Å². The number of aryl methyl sites for hydroxylation is 1. The second kappa shape index (κ2) is 8.96. The SMILES string of the molecule is CCc1ccc(N2C(=O)C(O)=C(C(=O)c3cc4cc(Cl)cc(OC)c4o3)C2c2ccccc2)cc1. The van der Waals surface area contributed by atoms with Crippen molar-refractivity contribution in [2.45, 2.75) is 19.4 Å². The molecule has 0 bridgehead atoms. The molecule has 1 aromatic heterocycles. The van der Waals surface area contributed by atoms with E-state index in [0.717, 1.165) is 12.0 Å². The summed E-state index contributed by atoms with van der Waals surface area (Å²) in [6, 6.07) is 20.6. The van der Waals surface area contributed by atoms with E-state index in [2.05, 4.69) is 0 Å². The molecule has 1 aliphatic heterocycles. The lowest BCUT2D eigenvalue weighted by atomic mass is 9.94. The van der Waals surface area contributed by atoms with Crippen LogP contribution in [-0.2, 0) is 11.2 Å². The summed E-state index contributed by atoms with van der Waals surface area (Å²) in [6.45, 7) is 2.04. The molecule has 6 nitrogen and oxygen atoms in total. The molecule has 0 aliphatic carbocycles. The van der Waals surface area contributed by atoms with E-state index in [1.54, 1.807) is 12.1 Å². The summed E-state index contributed by atoms with van der Waals surface area (Å²) in [4.78, 5) is 28.5. The molecule has 7 heteroatoms. The molecule has 1 aliphatic rings. The molecule has 0 fully saturated rings. The lowest BCUT2D eigenvalue weighted by molar-refractivity contribution is -0.117. The van der Waals surface area contributed by atoms with Crippen LogP contribution < -0.4 is 9.64 Å². The van der Waals surface area contributed by atoms with E-state index in [9.17, 15) is 14.7 Å². The molecule has 0 spiro atoms. The van der Waals surface area contributed by atoms with Crippen molar-refractivity contribution in [2.75, 3.05) is 12.0 Å². The Hall–Kier alpha value is -4.03. The number of carbonyl (C=O) groups is 2. The minimum atomic E-state index is -0.831. The first-order chi connectivity index (χ1) is 16.9. The summed E-state index contributed by atoms with van der Waals surface area (Å²) < 4.78 is 11.2. The molecule has 2 heterocycles. The van der Waals surface area contributed by atoms with E-state index in [-0.39, 0.29) is 11.3 Å². The van der Waals surface area contributed by atoms with Gasteiger partial charge in [0.05, 0.1) is 18.7 Å². The van der Waals surface area contributed by atoms with Gasteiger partial charge in [-0.15, -0.1) is 0 Å². The van der Waals surface area contributed by atoms with Crippen molar-refractivity contribution >= 4 is 39.9 Å². The topological polar surface area (TPSA) is 80.0 Å². The van der Waals surface area contributed by atoms with Crippen LogP contribution in [-0.4, -0.2) is 23.9 Å². The molecule has 0 saturated carbocycles. The number of hydrogen-bond acceptors (Lipinski definition) is 5. The quantitative estimate of drug-likeness (QED) is 0.316. The Balaban J connectivity index is 1.64. The van der Waals surface area contributed by atoms with Crippen molar-refractivity contribution in [3.05, 3.63) is 106 Å². The Morgan fingerprint density at radius 3 is 2.46 bits per heavy atom. The van der Waals surface area contributed by atoms with Crippen LogP contribution in [0.15, 0.2) is 88.5 Å². The average Bonchev–Trinajstić information content (AvgIpc) is 3.42. The maximum Gasteiger partial charge on any atom is 0.294 e. The van der Waals surface area contributed by atoms with Crippen LogP contribution in [0.3, 0.4) is 0 Å². The molecule has 1 amide bonds. The third kappa shape index (κ3) is 3.86. The Bertz CT molecular complexity index is 1470. The van der Waals surface area contributed by atoms with E-state index in [1.165, 1.54) is 18.1 Å². The fourth-order valence-electron chi connectivity index (χ4n) is 4.43. The molecule has 1 unspecified atom stereocenters. The van der Waals surface area contributed by atoms with Crippen molar-refractivity contribution in [3.63, 3.8) is 0 Å². The maximum atomic E-state index is 13.8. The third-order valence-electron chi connectivity index (χ3n) is 6.18. The molecule has 35 heavy (non-hydrogen) atoms. The minimum Gasteiger partial charge on any atom is -0.503 e. The summed E-state index contributed by atoms with van der Waals surface area (Å²) in [6.07, 6.45) is 0.850. The van der Waals surface area contributed by atoms with Crippen LogP contribution >= 0.6 is 11.6 Å². The number of methoxy groups -OCH3 is 1. The van der Waals surface area contributed by atoms with E-state index in [4.69, 9.17) is 20.8 Å². The fraction of sp³-hybridized carbons (Fsp3) is 0.143. The molecular formula is C28H22ClNO5. The largest absolute Gasteiger partial charge is 0.503 e. The molecule has 176 valence electrons. The van der Waals surface area contributed by atoms with E-state index in [0.29, 0.717) is 33.0 Å². The molecule has 1 N–H and O–H groups in total. The molecule has 4 aromatic rings. The minimum absolute atomic E-state index is 0.0287. The number of hydrogen-bond donors (Lipinski definition) is 1. The number of halogens is 1. The van der Waals surface area contributed by atoms with Gasteiger partial charge in [-0.2, -0.15) is 0 Å². The third-order valence-corrected chi connectivity index (χ3v) is 6.40. The van der Waals surface area contributed by atoms with Gasteiger partial charge in [0.15, 0.2) is 22.9 Å². The van der Waals surface area contributed by atoms with Crippen molar-refractivity contribution < 1.29 is 23.8 Å². The normalized spacial score (nSPS) is 15.8.